The van der Waals surface area contributed by atoms with E-state index in [1.165, 1.54) is 25.0 Å². The molecule has 2 aromatic rings. The predicted molar refractivity (Wildman–Crippen MR) is 115 cm³/mol. The van der Waals surface area contributed by atoms with Crippen LogP contribution in [0.15, 0.2) is 23.0 Å². The van der Waals surface area contributed by atoms with Crippen molar-refractivity contribution in [2.75, 3.05) is 32.7 Å². The van der Waals surface area contributed by atoms with Crippen LogP contribution in [-0.2, 0) is 6.54 Å². The minimum atomic E-state index is -0.376. The molecule has 2 aliphatic rings. The van der Waals surface area contributed by atoms with Crippen molar-refractivity contribution in [3.63, 3.8) is 0 Å². The van der Waals surface area contributed by atoms with Crippen molar-refractivity contribution >= 4 is 10.9 Å². The smallest absolute Gasteiger partial charge is 0.261 e. The Morgan fingerprint density at radius 2 is 2.00 bits per heavy atom. The number of nitrogens with zero attached hydrogens (tertiary/aromatic N) is 4. The Kier molecular flexibility index (Phi) is 6.30. The van der Waals surface area contributed by atoms with Crippen LogP contribution in [-0.4, -0.2) is 52.1 Å². The summed E-state index contributed by atoms with van der Waals surface area (Å²) < 4.78 is 15.7. The fraction of sp³-hybridized carbons (Fsp3) is 0.652. The molecule has 0 radical (unpaired) electrons. The molecule has 1 saturated heterocycles. The molecule has 158 valence electrons. The van der Waals surface area contributed by atoms with Crippen LogP contribution in [0, 0.1) is 11.7 Å². The summed E-state index contributed by atoms with van der Waals surface area (Å²) in [5, 5.41) is 0.401. The molecule has 29 heavy (non-hydrogen) atoms. The van der Waals surface area contributed by atoms with E-state index >= 15 is 0 Å². The number of likely N-dealkylation sites (N-methyl/N-ethyl adjacent to an activating group) is 1. The van der Waals surface area contributed by atoms with Gasteiger partial charge in [0.25, 0.3) is 5.56 Å². The van der Waals surface area contributed by atoms with E-state index in [1.807, 2.05) is 4.57 Å². The SMILES string of the molecule is CCCC(c1nc2ccc(F)cc2c(=O)n1CC1CC1)N1CCCN(CC)CC1. The Balaban J connectivity index is 1.77. The highest BCUT2D eigenvalue weighted by Gasteiger charge is 2.30. The molecular weight excluding hydrogens is 367 g/mol. The highest BCUT2D eigenvalue weighted by molar-refractivity contribution is 5.77. The van der Waals surface area contributed by atoms with Gasteiger partial charge in [-0.15, -0.1) is 0 Å². The molecule has 6 heteroatoms. The maximum atomic E-state index is 13.8. The Morgan fingerprint density at radius 3 is 2.72 bits per heavy atom. The zero-order chi connectivity index (χ0) is 20.4. The lowest BCUT2D eigenvalue weighted by molar-refractivity contribution is 0.177. The quantitative estimate of drug-likeness (QED) is 0.709. The number of fused-ring (bicyclic) bond motifs is 1. The molecular formula is C23H33FN4O. The van der Waals surface area contributed by atoms with E-state index < -0.39 is 0 Å². The summed E-state index contributed by atoms with van der Waals surface area (Å²) in [6.45, 7) is 10.4. The third-order valence-corrected chi connectivity index (χ3v) is 6.45. The lowest BCUT2D eigenvalue weighted by Crippen LogP contribution is -2.38. The van der Waals surface area contributed by atoms with Crippen molar-refractivity contribution in [2.24, 2.45) is 5.92 Å². The highest BCUT2D eigenvalue weighted by Crippen LogP contribution is 2.33. The summed E-state index contributed by atoms with van der Waals surface area (Å²) in [6, 6.07) is 4.54. The number of aromatic nitrogens is 2. The van der Waals surface area contributed by atoms with E-state index in [9.17, 15) is 9.18 Å². The molecule has 0 bridgehead atoms. The summed E-state index contributed by atoms with van der Waals surface area (Å²) in [5.74, 6) is 1.06. The molecule has 1 aliphatic heterocycles. The lowest BCUT2D eigenvalue weighted by atomic mass is 10.1. The molecule has 4 rings (SSSR count). The highest BCUT2D eigenvalue weighted by atomic mass is 19.1. The van der Waals surface area contributed by atoms with Crippen LogP contribution in [0.4, 0.5) is 4.39 Å². The van der Waals surface area contributed by atoms with Gasteiger partial charge in [0.15, 0.2) is 0 Å². The Bertz CT molecular complexity index is 908. The van der Waals surface area contributed by atoms with Crippen molar-refractivity contribution in [3.05, 3.63) is 40.2 Å². The molecule has 1 unspecified atom stereocenters. The minimum absolute atomic E-state index is 0.0810. The Labute approximate surface area is 172 Å². The van der Waals surface area contributed by atoms with Crippen molar-refractivity contribution < 1.29 is 4.39 Å². The molecule has 1 aromatic carbocycles. The molecule has 5 nitrogen and oxygen atoms in total. The maximum absolute atomic E-state index is 13.8. The van der Waals surface area contributed by atoms with E-state index in [4.69, 9.17) is 4.98 Å². The molecule has 1 saturated carbocycles. The van der Waals surface area contributed by atoms with Crippen molar-refractivity contribution in [3.8, 4) is 0 Å². The second kappa shape index (κ2) is 8.92. The predicted octanol–water partition coefficient (Wildman–Crippen LogP) is 3.81. The first-order chi connectivity index (χ1) is 14.1. The van der Waals surface area contributed by atoms with Gasteiger partial charge in [-0.2, -0.15) is 0 Å². The van der Waals surface area contributed by atoms with E-state index in [1.54, 1.807) is 6.07 Å². The van der Waals surface area contributed by atoms with E-state index in [0.29, 0.717) is 23.4 Å². The zero-order valence-electron chi connectivity index (χ0n) is 17.7. The third kappa shape index (κ3) is 4.53. The van der Waals surface area contributed by atoms with Crippen molar-refractivity contribution in [2.45, 2.75) is 58.5 Å². The topological polar surface area (TPSA) is 41.4 Å². The molecule has 0 spiro atoms. The van der Waals surface area contributed by atoms with Crippen molar-refractivity contribution in [1.29, 1.82) is 0 Å². The van der Waals surface area contributed by atoms with Gasteiger partial charge in [0, 0.05) is 26.2 Å². The van der Waals surface area contributed by atoms with Crippen LogP contribution < -0.4 is 5.56 Å². The molecule has 0 N–H and O–H groups in total. The number of hydrogen-bond donors (Lipinski definition) is 0. The summed E-state index contributed by atoms with van der Waals surface area (Å²) in [6.07, 6.45) is 5.50. The molecule has 1 atom stereocenters. The van der Waals surface area contributed by atoms with Gasteiger partial charge in [0.1, 0.15) is 11.6 Å². The normalized spacial score (nSPS) is 20.1. The first-order valence-corrected chi connectivity index (χ1v) is 11.3. The number of rotatable bonds is 7. The standard InChI is InChI=1S/C23H33FN4O/c1-3-6-21(27-12-5-11-26(4-2)13-14-27)22-25-20-10-9-18(24)15-19(20)23(29)28(22)16-17-7-8-17/h9-10,15,17,21H,3-8,11-14,16H2,1-2H3. The van der Waals surface area contributed by atoms with Crippen LogP contribution >= 0.6 is 0 Å². The largest absolute Gasteiger partial charge is 0.302 e. The Morgan fingerprint density at radius 1 is 1.17 bits per heavy atom. The van der Waals surface area contributed by atoms with Gasteiger partial charge >= 0.3 is 0 Å². The second-order valence-corrected chi connectivity index (χ2v) is 8.62. The average Bonchev–Trinajstić information content (AvgIpc) is 3.55. The third-order valence-electron chi connectivity index (χ3n) is 6.45. The first-order valence-electron chi connectivity index (χ1n) is 11.3. The Hall–Kier alpha value is -1.79. The zero-order valence-corrected chi connectivity index (χ0v) is 17.7. The molecule has 1 aromatic heterocycles. The number of hydrogen-bond acceptors (Lipinski definition) is 4. The summed E-state index contributed by atoms with van der Waals surface area (Å²) in [7, 11) is 0. The fourth-order valence-corrected chi connectivity index (χ4v) is 4.57. The number of halogens is 1. The lowest BCUT2D eigenvalue weighted by Gasteiger charge is -2.32. The van der Waals surface area contributed by atoms with Crippen molar-refractivity contribution in [1.82, 2.24) is 19.4 Å². The molecule has 2 heterocycles. The van der Waals surface area contributed by atoms with Gasteiger partial charge in [-0.3, -0.25) is 14.3 Å². The van der Waals surface area contributed by atoms with E-state index in [-0.39, 0.29) is 17.4 Å². The van der Waals surface area contributed by atoms with Gasteiger partial charge in [-0.25, -0.2) is 9.37 Å². The second-order valence-electron chi connectivity index (χ2n) is 8.62. The van der Waals surface area contributed by atoms with E-state index in [2.05, 4.69) is 23.6 Å². The van der Waals surface area contributed by atoms with Crippen LogP contribution in [0.5, 0.6) is 0 Å². The first kappa shape index (κ1) is 20.5. The van der Waals surface area contributed by atoms with Crippen LogP contribution in [0.3, 0.4) is 0 Å². The molecule has 2 fully saturated rings. The van der Waals surface area contributed by atoms with Crippen LogP contribution in [0.1, 0.15) is 57.8 Å². The molecule has 1 aliphatic carbocycles. The van der Waals surface area contributed by atoms with Gasteiger partial charge < -0.3 is 4.90 Å². The maximum Gasteiger partial charge on any atom is 0.261 e. The minimum Gasteiger partial charge on any atom is -0.302 e. The van der Waals surface area contributed by atoms with Crippen LogP contribution in [0.25, 0.3) is 10.9 Å². The van der Waals surface area contributed by atoms with Crippen LogP contribution in [0.2, 0.25) is 0 Å². The summed E-state index contributed by atoms with van der Waals surface area (Å²) in [5.41, 5.74) is 0.534. The number of benzene rings is 1. The monoisotopic (exact) mass is 400 g/mol. The summed E-state index contributed by atoms with van der Waals surface area (Å²) in [4.78, 5) is 23.3. The van der Waals surface area contributed by atoms with Gasteiger partial charge in [0.05, 0.1) is 16.9 Å². The van der Waals surface area contributed by atoms with E-state index in [0.717, 1.165) is 57.8 Å². The molecule has 0 amide bonds. The van der Waals surface area contributed by atoms with Gasteiger partial charge in [-0.1, -0.05) is 20.3 Å². The van der Waals surface area contributed by atoms with Gasteiger partial charge in [-0.05, 0) is 62.9 Å². The average molecular weight is 401 g/mol. The van der Waals surface area contributed by atoms with Gasteiger partial charge in [0.2, 0.25) is 0 Å². The summed E-state index contributed by atoms with van der Waals surface area (Å²) >= 11 is 0. The fourth-order valence-electron chi connectivity index (χ4n) is 4.57.